The Bertz CT molecular complexity index is 1370. The molecule has 172 valence electrons. The van der Waals surface area contributed by atoms with Crippen LogP contribution >= 0.6 is 11.6 Å². The molecular weight excluding hydrogens is 452 g/mol. The van der Waals surface area contributed by atoms with Crippen LogP contribution in [0.25, 0.3) is 0 Å². The maximum absolute atomic E-state index is 12.8. The van der Waals surface area contributed by atoms with Crippen LogP contribution in [-0.4, -0.2) is 15.7 Å². The molecule has 1 heterocycles. The van der Waals surface area contributed by atoms with Gasteiger partial charge in [0.1, 0.15) is 5.75 Å². The second-order valence-corrected chi connectivity index (χ2v) is 8.10. The number of carbonyl (C=O) groups excluding carboxylic acids is 1. The number of halogens is 1. The highest BCUT2D eigenvalue weighted by Gasteiger charge is 2.14. The van der Waals surface area contributed by atoms with Gasteiger partial charge in [0.15, 0.2) is 11.4 Å². The molecule has 1 aromatic heterocycles. The van der Waals surface area contributed by atoms with Gasteiger partial charge in [0.25, 0.3) is 11.5 Å². The van der Waals surface area contributed by atoms with Crippen molar-refractivity contribution in [2.24, 2.45) is 7.05 Å². The van der Waals surface area contributed by atoms with Gasteiger partial charge in [0.05, 0.1) is 6.20 Å². The Kier molecular flexibility index (Phi) is 6.94. The molecule has 2 N–H and O–H groups in total. The Morgan fingerprint density at radius 2 is 1.79 bits per heavy atom. The van der Waals surface area contributed by atoms with Crippen molar-refractivity contribution < 1.29 is 9.53 Å². The second kappa shape index (κ2) is 10.2. The number of benzene rings is 3. The van der Waals surface area contributed by atoms with E-state index < -0.39 is 0 Å². The van der Waals surface area contributed by atoms with Gasteiger partial charge < -0.3 is 15.4 Å². The standard InChI is InChI=1S/C26H23ClN4O3/c1-17-14-21(12-13-22(17)27)34-23-16-29-31(2)26(33)24(23)30-20-10-8-19(9-11-20)25(32)28-15-18-6-4-3-5-7-18/h3-14,16,30H,15H2,1-2H3,(H,28,32). The molecule has 8 heteroatoms. The molecule has 0 aliphatic rings. The van der Waals surface area contributed by atoms with Crippen LogP contribution in [0.1, 0.15) is 21.5 Å². The first kappa shape index (κ1) is 23.1. The molecule has 0 aliphatic carbocycles. The molecule has 0 aliphatic heterocycles. The van der Waals surface area contributed by atoms with Gasteiger partial charge in [-0.3, -0.25) is 9.59 Å². The molecule has 0 radical (unpaired) electrons. The zero-order chi connectivity index (χ0) is 24.1. The van der Waals surface area contributed by atoms with Crippen LogP contribution in [0.2, 0.25) is 5.02 Å². The Balaban J connectivity index is 1.50. The molecule has 0 unspecified atom stereocenters. The van der Waals surface area contributed by atoms with Crippen LogP contribution in [0, 0.1) is 6.92 Å². The molecule has 0 saturated heterocycles. The number of carbonyl (C=O) groups is 1. The van der Waals surface area contributed by atoms with Gasteiger partial charge in [0.2, 0.25) is 0 Å². The van der Waals surface area contributed by atoms with Crippen LogP contribution in [0.3, 0.4) is 0 Å². The van der Waals surface area contributed by atoms with E-state index in [9.17, 15) is 9.59 Å². The normalized spacial score (nSPS) is 10.6. The van der Waals surface area contributed by atoms with Gasteiger partial charge in [-0.05, 0) is 60.5 Å². The van der Waals surface area contributed by atoms with Gasteiger partial charge in [-0.15, -0.1) is 0 Å². The first-order valence-electron chi connectivity index (χ1n) is 10.6. The molecule has 0 saturated carbocycles. The van der Waals surface area contributed by atoms with Crippen molar-refractivity contribution >= 4 is 28.9 Å². The van der Waals surface area contributed by atoms with Crippen molar-refractivity contribution in [1.29, 1.82) is 0 Å². The van der Waals surface area contributed by atoms with Crippen molar-refractivity contribution in [3.8, 4) is 11.5 Å². The van der Waals surface area contributed by atoms with E-state index in [0.717, 1.165) is 11.1 Å². The zero-order valence-electron chi connectivity index (χ0n) is 18.7. The zero-order valence-corrected chi connectivity index (χ0v) is 19.5. The average molecular weight is 475 g/mol. The summed E-state index contributed by atoms with van der Waals surface area (Å²) in [4.78, 5) is 25.2. The minimum Gasteiger partial charge on any atom is -0.453 e. The first-order valence-corrected chi connectivity index (χ1v) is 11.0. The predicted molar refractivity (Wildman–Crippen MR) is 133 cm³/mol. The minimum atomic E-state index is -0.354. The lowest BCUT2D eigenvalue weighted by molar-refractivity contribution is 0.0951. The highest BCUT2D eigenvalue weighted by molar-refractivity contribution is 6.31. The van der Waals surface area contributed by atoms with Crippen molar-refractivity contribution in [3.05, 3.63) is 111 Å². The fourth-order valence-electron chi connectivity index (χ4n) is 3.25. The summed E-state index contributed by atoms with van der Waals surface area (Å²) in [5.74, 6) is 0.622. The van der Waals surface area contributed by atoms with E-state index in [0.29, 0.717) is 28.6 Å². The second-order valence-electron chi connectivity index (χ2n) is 7.70. The summed E-state index contributed by atoms with van der Waals surface area (Å²) in [5, 5.41) is 10.7. The number of hydrogen-bond donors (Lipinski definition) is 2. The van der Waals surface area contributed by atoms with E-state index >= 15 is 0 Å². The van der Waals surface area contributed by atoms with E-state index in [-0.39, 0.29) is 22.9 Å². The van der Waals surface area contributed by atoms with Crippen molar-refractivity contribution in [2.75, 3.05) is 5.32 Å². The van der Waals surface area contributed by atoms with E-state index in [2.05, 4.69) is 15.7 Å². The molecule has 0 fully saturated rings. The number of nitrogens with zero attached hydrogens (tertiary/aromatic N) is 2. The van der Waals surface area contributed by atoms with Crippen LogP contribution < -0.4 is 20.9 Å². The summed E-state index contributed by atoms with van der Waals surface area (Å²) in [5.41, 5.74) is 2.88. The number of nitrogens with one attached hydrogen (secondary N) is 2. The van der Waals surface area contributed by atoms with Gasteiger partial charge in [-0.25, -0.2) is 4.68 Å². The van der Waals surface area contributed by atoms with Crippen LogP contribution in [0.4, 0.5) is 11.4 Å². The molecule has 1 amide bonds. The summed E-state index contributed by atoms with van der Waals surface area (Å²) < 4.78 is 7.14. The molecule has 0 spiro atoms. The van der Waals surface area contributed by atoms with E-state index in [1.165, 1.54) is 10.9 Å². The molecular formula is C26H23ClN4O3. The van der Waals surface area contributed by atoms with Gasteiger partial charge >= 0.3 is 0 Å². The average Bonchev–Trinajstić information content (AvgIpc) is 2.85. The molecule has 7 nitrogen and oxygen atoms in total. The first-order chi connectivity index (χ1) is 16.4. The largest absolute Gasteiger partial charge is 0.453 e. The number of aryl methyl sites for hydroxylation is 2. The maximum atomic E-state index is 12.8. The number of ether oxygens (including phenoxy) is 1. The summed E-state index contributed by atoms with van der Waals surface area (Å²) in [6.45, 7) is 2.31. The number of anilines is 2. The Morgan fingerprint density at radius 3 is 2.50 bits per heavy atom. The van der Waals surface area contributed by atoms with Crippen LogP contribution in [0.5, 0.6) is 11.5 Å². The third-order valence-electron chi connectivity index (χ3n) is 5.17. The lowest BCUT2D eigenvalue weighted by Gasteiger charge is -2.14. The van der Waals surface area contributed by atoms with Crippen molar-refractivity contribution in [2.45, 2.75) is 13.5 Å². The molecule has 0 atom stereocenters. The maximum Gasteiger partial charge on any atom is 0.294 e. The fraction of sp³-hybridized carbons (Fsp3) is 0.115. The highest BCUT2D eigenvalue weighted by atomic mass is 35.5. The quantitative estimate of drug-likeness (QED) is 0.384. The smallest absolute Gasteiger partial charge is 0.294 e. The molecule has 4 rings (SSSR count). The lowest BCUT2D eigenvalue weighted by Crippen LogP contribution is -2.23. The monoisotopic (exact) mass is 474 g/mol. The number of aromatic nitrogens is 2. The van der Waals surface area contributed by atoms with E-state index in [1.54, 1.807) is 49.5 Å². The molecule has 0 bridgehead atoms. The Hall–Kier alpha value is -4.10. The fourth-order valence-corrected chi connectivity index (χ4v) is 3.37. The molecule has 4 aromatic rings. The number of amides is 1. The lowest BCUT2D eigenvalue weighted by atomic mass is 10.1. The number of hydrogen-bond acceptors (Lipinski definition) is 5. The third kappa shape index (κ3) is 5.44. The summed E-state index contributed by atoms with van der Waals surface area (Å²) in [7, 11) is 1.56. The third-order valence-corrected chi connectivity index (χ3v) is 5.60. The molecule has 3 aromatic carbocycles. The summed E-state index contributed by atoms with van der Waals surface area (Å²) in [6, 6.07) is 21.8. The summed E-state index contributed by atoms with van der Waals surface area (Å²) >= 11 is 6.09. The van der Waals surface area contributed by atoms with E-state index in [4.69, 9.17) is 16.3 Å². The Labute approximate surface area is 202 Å². The molecule has 34 heavy (non-hydrogen) atoms. The summed E-state index contributed by atoms with van der Waals surface area (Å²) in [6.07, 6.45) is 1.47. The van der Waals surface area contributed by atoms with E-state index in [1.807, 2.05) is 37.3 Å². The van der Waals surface area contributed by atoms with Crippen molar-refractivity contribution in [1.82, 2.24) is 15.1 Å². The predicted octanol–water partition coefficient (Wildman–Crippen LogP) is 5.21. The van der Waals surface area contributed by atoms with Gasteiger partial charge in [0, 0.05) is 29.9 Å². The van der Waals surface area contributed by atoms with Crippen LogP contribution in [0.15, 0.2) is 83.8 Å². The van der Waals surface area contributed by atoms with Gasteiger partial charge in [-0.2, -0.15) is 5.10 Å². The SMILES string of the molecule is Cc1cc(Oc2cnn(C)c(=O)c2Nc2ccc(C(=O)NCc3ccccc3)cc2)ccc1Cl. The van der Waals surface area contributed by atoms with Gasteiger partial charge in [-0.1, -0.05) is 41.9 Å². The van der Waals surface area contributed by atoms with Crippen LogP contribution in [-0.2, 0) is 13.6 Å². The number of rotatable bonds is 7. The topological polar surface area (TPSA) is 85.2 Å². The Morgan fingerprint density at radius 1 is 1.06 bits per heavy atom. The minimum absolute atomic E-state index is 0.183. The highest BCUT2D eigenvalue weighted by Crippen LogP contribution is 2.30. The van der Waals surface area contributed by atoms with Crippen molar-refractivity contribution in [3.63, 3.8) is 0 Å².